The number of aliphatic carboxylic acids is 1. The lowest BCUT2D eigenvalue weighted by molar-refractivity contribution is -0.146. The quantitative estimate of drug-likeness (QED) is 0.642. The number of carbonyl (C=O) groups is 2. The summed E-state index contributed by atoms with van der Waals surface area (Å²) < 4.78 is 0. The molecule has 1 aliphatic heterocycles. The molecule has 1 amide bonds. The van der Waals surface area contributed by atoms with Crippen LogP contribution >= 0.6 is 0 Å². The third-order valence-corrected chi connectivity index (χ3v) is 2.74. The zero-order chi connectivity index (χ0) is 12.1. The van der Waals surface area contributed by atoms with Crippen molar-refractivity contribution in [2.45, 2.75) is 25.3 Å². The molecule has 1 rings (SSSR count). The van der Waals surface area contributed by atoms with E-state index in [2.05, 4.69) is 5.92 Å². The lowest BCUT2D eigenvalue weighted by Gasteiger charge is -2.32. The fraction of sp³-hybridized carbons (Fsp3) is 0.636. The first-order chi connectivity index (χ1) is 7.56. The Morgan fingerprint density at radius 2 is 2.31 bits per heavy atom. The fourth-order valence-electron chi connectivity index (χ4n) is 1.83. The Morgan fingerprint density at radius 1 is 1.62 bits per heavy atom. The fourth-order valence-corrected chi connectivity index (χ4v) is 1.83. The number of nitrogens with zero attached hydrogens (tertiary/aromatic N) is 1. The summed E-state index contributed by atoms with van der Waals surface area (Å²) in [6.45, 7) is 0.813. The highest BCUT2D eigenvalue weighted by Gasteiger charge is 2.29. The van der Waals surface area contributed by atoms with Gasteiger partial charge in [0.2, 0.25) is 5.91 Å². The van der Waals surface area contributed by atoms with Crippen LogP contribution in [0.15, 0.2) is 0 Å². The molecule has 1 fully saturated rings. The van der Waals surface area contributed by atoms with E-state index in [0.717, 1.165) is 0 Å². The predicted molar refractivity (Wildman–Crippen MR) is 58.4 cm³/mol. The van der Waals surface area contributed by atoms with Gasteiger partial charge in [0.05, 0.1) is 12.0 Å². The number of rotatable bonds is 3. The standard InChI is InChI=1S/C11H16N2O3/c1-2-4-9(12)10(14)13-6-3-5-8(7-13)11(15)16/h1,8-9H,3-7,12H2,(H,15,16)/t8-,9?/m0/s1. The summed E-state index contributed by atoms with van der Waals surface area (Å²) in [6, 6.07) is -0.711. The van der Waals surface area contributed by atoms with Gasteiger partial charge in [0.15, 0.2) is 0 Å². The molecule has 0 aromatic rings. The highest BCUT2D eigenvalue weighted by molar-refractivity contribution is 5.83. The Hall–Kier alpha value is -1.54. The van der Waals surface area contributed by atoms with Crippen molar-refractivity contribution in [2.24, 2.45) is 11.7 Å². The number of likely N-dealkylation sites (tertiary alicyclic amines) is 1. The Labute approximate surface area is 94.6 Å². The lowest BCUT2D eigenvalue weighted by Crippen LogP contribution is -2.49. The van der Waals surface area contributed by atoms with E-state index in [-0.39, 0.29) is 18.9 Å². The van der Waals surface area contributed by atoms with Crippen LogP contribution in [0.2, 0.25) is 0 Å². The average molecular weight is 224 g/mol. The number of carboxylic acid groups (broad SMARTS) is 1. The molecule has 1 heterocycles. The third-order valence-electron chi connectivity index (χ3n) is 2.74. The van der Waals surface area contributed by atoms with Crippen molar-refractivity contribution >= 4 is 11.9 Å². The second kappa shape index (κ2) is 5.52. The monoisotopic (exact) mass is 224 g/mol. The first kappa shape index (κ1) is 12.5. The minimum atomic E-state index is -0.858. The summed E-state index contributed by atoms with van der Waals surface area (Å²) in [6.07, 6.45) is 6.58. The molecular weight excluding hydrogens is 208 g/mol. The predicted octanol–water partition coefficient (Wildman–Crippen LogP) is -0.340. The van der Waals surface area contributed by atoms with E-state index in [9.17, 15) is 9.59 Å². The third kappa shape index (κ3) is 2.97. The number of terminal acetylenes is 1. The van der Waals surface area contributed by atoms with Gasteiger partial charge in [0.1, 0.15) is 0 Å². The molecule has 0 spiro atoms. The average Bonchev–Trinajstić information content (AvgIpc) is 2.28. The highest BCUT2D eigenvalue weighted by Crippen LogP contribution is 2.17. The van der Waals surface area contributed by atoms with Gasteiger partial charge in [0.25, 0.3) is 0 Å². The van der Waals surface area contributed by atoms with Crippen molar-refractivity contribution < 1.29 is 14.7 Å². The normalized spacial score (nSPS) is 22.2. The first-order valence-corrected chi connectivity index (χ1v) is 5.27. The SMILES string of the molecule is C#CCC(N)C(=O)N1CCC[C@H](C(=O)O)C1. The van der Waals surface area contributed by atoms with Crippen LogP contribution in [0.3, 0.4) is 0 Å². The van der Waals surface area contributed by atoms with Crippen LogP contribution in [-0.2, 0) is 9.59 Å². The summed E-state index contributed by atoms with van der Waals surface area (Å²) in [4.78, 5) is 24.1. The Morgan fingerprint density at radius 3 is 2.88 bits per heavy atom. The molecule has 1 aliphatic rings. The molecule has 0 bridgehead atoms. The Balaban J connectivity index is 2.57. The van der Waals surface area contributed by atoms with E-state index >= 15 is 0 Å². The maximum absolute atomic E-state index is 11.8. The molecule has 0 saturated carbocycles. The Bertz CT molecular complexity index is 322. The van der Waals surface area contributed by atoms with Crippen molar-refractivity contribution in [2.75, 3.05) is 13.1 Å². The number of nitrogens with two attached hydrogens (primary N) is 1. The molecule has 0 aliphatic carbocycles. The van der Waals surface area contributed by atoms with Gasteiger partial charge in [-0.3, -0.25) is 9.59 Å². The topological polar surface area (TPSA) is 83.6 Å². The van der Waals surface area contributed by atoms with Crippen LogP contribution < -0.4 is 5.73 Å². The van der Waals surface area contributed by atoms with Crippen LogP contribution in [0.25, 0.3) is 0 Å². The minimum Gasteiger partial charge on any atom is -0.481 e. The number of amides is 1. The molecule has 5 heteroatoms. The van der Waals surface area contributed by atoms with Gasteiger partial charge >= 0.3 is 5.97 Å². The second-order valence-electron chi connectivity index (χ2n) is 3.98. The van der Waals surface area contributed by atoms with Gasteiger partial charge in [-0.05, 0) is 12.8 Å². The van der Waals surface area contributed by atoms with Gasteiger partial charge in [-0.25, -0.2) is 0 Å². The van der Waals surface area contributed by atoms with E-state index < -0.39 is 17.9 Å². The summed E-state index contributed by atoms with van der Waals surface area (Å²) in [5, 5.41) is 8.88. The number of hydrogen-bond acceptors (Lipinski definition) is 3. The van der Waals surface area contributed by atoms with Crippen molar-refractivity contribution in [3.8, 4) is 12.3 Å². The largest absolute Gasteiger partial charge is 0.481 e. The summed E-state index contributed by atoms with van der Waals surface area (Å²) >= 11 is 0. The van der Waals surface area contributed by atoms with Crippen LogP contribution in [0.5, 0.6) is 0 Å². The van der Waals surface area contributed by atoms with Gasteiger partial charge in [-0.1, -0.05) is 0 Å². The molecule has 3 N–H and O–H groups in total. The Kier molecular flexibility index (Phi) is 4.32. The van der Waals surface area contributed by atoms with Crippen LogP contribution in [0, 0.1) is 18.3 Å². The summed E-state index contributed by atoms with van der Waals surface area (Å²) in [5.41, 5.74) is 5.60. The van der Waals surface area contributed by atoms with Gasteiger partial charge in [0, 0.05) is 19.5 Å². The van der Waals surface area contributed by atoms with E-state index in [0.29, 0.717) is 19.4 Å². The lowest BCUT2D eigenvalue weighted by atomic mass is 9.97. The van der Waals surface area contributed by atoms with Crippen molar-refractivity contribution in [1.29, 1.82) is 0 Å². The summed E-state index contributed by atoms with van der Waals surface area (Å²) in [7, 11) is 0. The molecule has 2 atom stereocenters. The molecule has 16 heavy (non-hydrogen) atoms. The molecule has 1 saturated heterocycles. The van der Waals surface area contributed by atoms with Crippen LogP contribution in [0.4, 0.5) is 0 Å². The van der Waals surface area contributed by atoms with Crippen molar-refractivity contribution in [3.05, 3.63) is 0 Å². The maximum Gasteiger partial charge on any atom is 0.308 e. The van der Waals surface area contributed by atoms with E-state index in [1.165, 1.54) is 4.90 Å². The zero-order valence-electron chi connectivity index (χ0n) is 9.06. The molecule has 88 valence electrons. The van der Waals surface area contributed by atoms with Crippen molar-refractivity contribution in [3.63, 3.8) is 0 Å². The van der Waals surface area contributed by atoms with Crippen LogP contribution in [0.1, 0.15) is 19.3 Å². The highest BCUT2D eigenvalue weighted by atomic mass is 16.4. The zero-order valence-corrected chi connectivity index (χ0v) is 9.06. The number of carboxylic acids is 1. The number of hydrogen-bond donors (Lipinski definition) is 2. The van der Waals surface area contributed by atoms with E-state index in [1.54, 1.807) is 0 Å². The second-order valence-corrected chi connectivity index (χ2v) is 3.98. The maximum atomic E-state index is 11.8. The van der Waals surface area contributed by atoms with Gasteiger partial charge in [-0.15, -0.1) is 12.3 Å². The van der Waals surface area contributed by atoms with E-state index in [4.69, 9.17) is 17.3 Å². The van der Waals surface area contributed by atoms with Crippen molar-refractivity contribution in [1.82, 2.24) is 4.90 Å². The smallest absolute Gasteiger partial charge is 0.308 e. The van der Waals surface area contributed by atoms with Gasteiger partial charge < -0.3 is 15.7 Å². The molecule has 0 radical (unpaired) electrons. The molecule has 1 unspecified atom stereocenters. The number of piperidine rings is 1. The first-order valence-electron chi connectivity index (χ1n) is 5.27. The molecule has 0 aromatic carbocycles. The number of carbonyl (C=O) groups excluding carboxylic acids is 1. The molecule has 0 aromatic heterocycles. The molecular formula is C11H16N2O3. The van der Waals surface area contributed by atoms with E-state index in [1.807, 2.05) is 0 Å². The summed E-state index contributed by atoms with van der Waals surface area (Å²) in [5.74, 6) is 0.752. The minimum absolute atomic E-state index is 0.188. The van der Waals surface area contributed by atoms with Gasteiger partial charge in [-0.2, -0.15) is 0 Å². The molecule has 5 nitrogen and oxygen atoms in total. The van der Waals surface area contributed by atoms with Crippen LogP contribution in [-0.4, -0.2) is 41.0 Å².